The van der Waals surface area contributed by atoms with Crippen molar-refractivity contribution in [3.05, 3.63) is 64.7 Å². The van der Waals surface area contributed by atoms with Crippen LogP contribution in [0.1, 0.15) is 46.4 Å². The average molecular weight is 430 g/mol. The van der Waals surface area contributed by atoms with Crippen LogP contribution in [0.3, 0.4) is 0 Å². The van der Waals surface area contributed by atoms with Crippen LogP contribution in [0.25, 0.3) is 0 Å². The molecule has 0 fully saturated rings. The Morgan fingerprint density at radius 1 is 1.17 bits per heavy atom. The number of carbonyl (C=O) groups is 1. The number of aryl methyl sites for hydroxylation is 2. The lowest BCUT2D eigenvalue weighted by atomic mass is 10.00. The van der Waals surface area contributed by atoms with E-state index in [-0.39, 0.29) is 11.9 Å². The van der Waals surface area contributed by atoms with E-state index in [1.807, 2.05) is 20.2 Å². The van der Waals surface area contributed by atoms with E-state index in [2.05, 4.69) is 41.4 Å². The molecule has 0 spiro atoms. The molecule has 3 rings (SSSR count). The van der Waals surface area contributed by atoms with Gasteiger partial charge in [-0.2, -0.15) is 0 Å². The van der Waals surface area contributed by atoms with Crippen LogP contribution in [-0.2, 0) is 22.9 Å². The highest BCUT2D eigenvalue weighted by atomic mass is 32.2. The number of likely N-dealkylation sites (N-methyl/N-ethyl adjacent to an activating group) is 1. The number of carbonyl (C=O) groups excluding carboxylic acids is 1. The van der Waals surface area contributed by atoms with Gasteiger partial charge < -0.3 is 10.2 Å². The summed E-state index contributed by atoms with van der Waals surface area (Å²) in [6.45, 7) is 3.11. The van der Waals surface area contributed by atoms with E-state index in [1.54, 1.807) is 12.1 Å². The molecular weight excluding hydrogens is 398 g/mol. The van der Waals surface area contributed by atoms with Crippen LogP contribution in [0.5, 0.6) is 0 Å². The van der Waals surface area contributed by atoms with Crippen molar-refractivity contribution in [2.45, 2.75) is 32.2 Å². The topological polar surface area (TPSA) is 69.7 Å². The van der Waals surface area contributed by atoms with Gasteiger partial charge in [0.25, 0.3) is 5.91 Å². The van der Waals surface area contributed by atoms with E-state index in [0.29, 0.717) is 24.3 Å². The van der Waals surface area contributed by atoms with Crippen molar-refractivity contribution < 1.29 is 13.2 Å². The highest BCUT2D eigenvalue weighted by Gasteiger charge is 2.25. The molecule has 0 bridgehead atoms. The maximum Gasteiger partial charge on any atom is 0.251 e. The first-order valence-electron chi connectivity index (χ1n) is 10.3. The lowest BCUT2D eigenvalue weighted by Gasteiger charge is -2.29. The fourth-order valence-electron chi connectivity index (χ4n) is 3.91. The zero-order valence-electron chi connectivity index (χ0n) is 18.2. The number of rotatable bonds is 7. The number of amides is 1. The molecule has 30 heavy (non-hydrogen) atoms. The molecule has 0 saturated heterocycles. The van der Waals surface area contributed by atoms with Gasteiger partial charge in [0, 0.05) is 18.7 Å². The normalized spacial score (nSPS) is 15.0. The number of hydrogen-bond donors (Lipinski definition) is 1. The summed E-state index contributed by atoms with van der Waals surface area (Å²) in [5.41, 5.74) is 4.59. The van der Waals surface area contributed by atoms with E-state index in [1.165, 1.54) is 16.1 Å². The van der Waals surface area contributed by atoms with E-state index in [0.717, 1.165) is 30.4 Å². The number of nitrogens with zero attached hydrogens (tertiary/aromatic N) is 2. The first kappa shape index (κ1) is 22.3. The van der Waals surface area contributed by atoms with Gasteiger partial charge >= 0.3 is 0 Å². The highest BCUT2D eigenvalue weighted by molar-refractivity contribution is 7.92. The van der Waals surface area contributed by atoms with Crippen molar-refractivity contribution in [2.75, 3.05) is 37.7 Å². The van der Waals surface area contributed by atoms with Gasteiger partial charge in [0.15, 0.2) is 0 Å². The minimum Gasteiger partial charge on any atom is -0.350 e. The average Bonchev–Trinajstić information content (AvgIpc) is 2.72. The molecule has 0 aliphatic carbocycles. The van der Waals surface area contributed by atoms with Crippen molar-refractivity contribution >= 4 is 21.6 Å². The molecule has 1 heterocycles. The molecular formula is C23H31N3O3S. The molecule has 0 saturated carbocycles. The number of nitrogens with one attached hydrogen (secondary N) is 1. The van der Waals surface area contributed by atoms with Gasteiger partial charge in [-0.25, -0.2) is 8.42 Å². The van der Waals surface area contributed by atoms with Crippen LogP contribution in [-0.4, -0.2) is 52.7 Å². The molecule has 2 aromatic carbocycles. The quantitative estimate of drug-likeness (QED) is 0.735. The molecule has 162 valence electrons. The molecule has 1 aliphatic heterocycles. The fraction of sp³-hybridized carbons (Fsp3) is 0.435. The molecule has 1 aliphatic rings. The minimum absolute atomic E-state index is 0.0678. The second kappa shape index (κ2) is 9.18. The Morgan fingerprint density at radius 3 is 2.47 bits per heavy atom. The van der Waals surface area contributed by atoms with Crippen molar-refractivity contribution in [1.82, 2.24) is 10.2 Å². The third-order valence-electron chi connectivity index (χ3n) is 5.67. The Morgan fingerprint density at radius 2 is 1.87 bits per heavy atom. The maximum atomic E-state index is 12.8. The predicted octanol–water partition coefficient (Wildman–Crippen LogP) is 2.99. The van der Waals surface area contributed by atoms with Crippen molar-refractivity contribution in [2.24, 2.45) is 0 Å². The summed E-state index contributed by atoms with van der Waals surface area (Å²) in [6.07, 6.45) is 3.74. The zero-order valence-corrected chi connectivity index (χ0v) is 19.0. The number of benzene rings is 2. The third-order valence-corrected chi connectivity index (χ3v) is 6.85. The molecule has 6 nitrogen and oxygen atoms in total. The largest absolute Gasteiger partial charge is 0.350 e. The lowest BCUT2D eigenvalue weighted by molar-refractivity contribution is 0.0942. The molecule has 1 atom stereocenters. The molecule has 0 radical (unpaired) electrons. The van der Waals surface area contributed by atoms with Crippen molar-refractivity contribution in [3.8, 4) is 0 Å². The Bertz CT molecular complexity index is 1000. The van der Waals surface area contributed by atoms with Gasteiger partial charge in [0.2, 0.25) is 10.0 Å². The Labute approximate surface area is 179 Å². The summed E-state index contributed by atoms with van der Waals surface area (Å²) < 4.78 is 25.5. The van der Waals surface area contributed by atoms with Crippen LogP contribution in [0.15, 0.2) is 42.5 Å². The third kappa shape index (κ3) is 5.02. The van der Waals surface area contributed by atoms with Crippen LogP contribution in [0.2, 0.25) is 0 Å². The van der Waals surface area contributed by atoms with Gasteiger partial charge in [0.1, 0.15) is 0 Å². The Kier molecular flexibility index (Phi) is 6.83. The second-order valence-corrected chi connectivity index (χ2v) is 9.97. The van der Waals surface area contributed by atoms with E-state index < -0.39 is 10.0 Å². The molecule has 1 N–H and O–H groups in total. The van der Waals surface area contributed by atoms with Crippen LogP contribution < -0.4 is 9.62 Å². The SMILES string of the molecule is CCc1ccc(C(CNC(=O)c2ccc3c(c2)CCCN3S(C)(=O)=O)N(C)C)cc1. The van der Waals surface area contributed by atoms with Crippen molar-refractivity contribution in [3.63, 3.8) is 0 Å². The molecule has 2 aromatic rings. The van der Waals surface area contributed by atoms with Gasteiger partial charge in [-0.3, -0.25) is 9.10 Å². The summed E-state index contributed by atoms with van der Waals surface area (Å²) in [7, 11) is 0.695. The van der Waals surface area contributed by atoms with Gasteiger partial charge in [0.05, 0.1) is 18.0 Å². The van der Waals surface area contributed by atoms with Gasteiger partial charge in [-0.1, -0.05) is 31.2 Å². The van der Waals surface area contributed by atoms with E-state index >= 15 is 0 Å². The van der Waals surface area contributed by atoms with Crippen LogP contribution >= 0.6 is 0 Å². The molecule has 1 amide bonds. The van der Waals surface area contributed by atoms with Crippen LogP contribution in [0.4, 0.5) is 5.69 Å². The van der Waals surface area contributed by atoms with E-state index in [9.17, 15) is 13.2 Å². The van der Waals surface area contributed by atoms with E-state index in [4.69, 9.17) is 0 Å². The van der Waals surface area contributed by atoms with Gasteiger partial charge in [-0.15, -0.1) is 0 Å². The first-order chi connectivity index (χ1) is 14.2. The fourth-order valence-corrected chi connectivity index (χ4v) is 4.91. The smallest absolute Gasteiger partial charge is 0.251 e. The Hall–Kier alpha value is -2.38. The molecule has 7 heteroatoms. The standard InChI is InChI=1S/C23H31N3O3S/c1-5-17-8-10-18(11-9-17)22(25(2)3)16-24-23(27)20-12-13-21-19(15-20)7-6-14-26(21)30(4,28)29/h8-13,15,22H,5-7,14,16H2,1-4H3,(H,24,27). The summed E-state index contributed by atoms with van der Waals surface area (Å²) in [4.78, 5) is 14.9. The first-order valence-corrected chi connectivity index (χ1v) is 12.2. The summed E-state index contributed by atoms with van der Waals surface area (Å²) in [5.74, 6) is -0.147. The Balaban J connectivity index is 1.73. The molecule has 1 unspecified atom stereocenters. The predicted molar refractivity (Wildman–Crippen MR) is 122 cm³/mol. The summed E-state index contributed by atoms with van der Waals surface area (Å²) in [5, 5.41) is 3.04. The van der Waals surface area contributed by atoms with Crippen LogP contribution in [0, 0.1) is 0 Å². The molecule has 0 aromatic heterocycles. The zero-order chi connectivity index (χ0) is 21.9. The number of fused-ring (bicyclic) bond motifs is 1. The van der Waals surface area contributed by atoms with Crippen molar-refractivity contribution in [1.29, 1.82) is 0 Å². The highest BCUT2D eigenvalue weighted by Crippen LogP contribution is 2.30. The maximum absolute atomic E-state index is 12.8. The summed E-state index contributed by atoms with van der Waals surface area (Å²) >= 11 is 0. The monoisotopic (exact) mass is 429 g/mol. The minimum atomic E-state index is -3.31. The lowest BCUT2D eigenvalue weighted by Crippen LogP contribution is -2.36. The number of hydrogen-bond acceptors (Lipinski definition) is 4. The second-order valence-electron chi connectivity index (χ2n) is 8.07. The van der Waals surface area contributed by atoms with Gasteiger partial charge in [-0.05, 0) is 68.2 Å². The summed E-state index contributed by atoms with van der Waals surface area (Å²) in [6, 6.07) is 13.8. The number of sulfonamides is 1. The number of anilines is 1.